The highest BCUT2D eigenvalue weighted by Crippen LogP contribution is 2.25. The molecule has 0 saturated heterocycles. The van der Waals surface area contributed by atoms with E-state index in [-0.39, 0.29) is 11.9 Å². The summed E-state index contributed by atoms with van der Waals surface area (Å²) in [6.45, 7) is 2.40. The van der Waals surface area contributed by atoms with Crippen molar-refractivity contribution in [1.82, 2.24) is 20.4 Å². The Bertz CT molecular complexity index is 662. The van der Waals surface area contributed by atoms with E-state index in [4.69, 9.17) is 11.6 Å². The van der Waals surface area contributed by atoms with Gasteiger partial charge in [0.15, 0.2) is 4.34 Å². The molecule has 0 aliphatic heterocycles. The maximum absolute atomic E-state index is 12.0. The van der Waals surface area contributed by atoms with E-state index in [2.05, 4.69) is 15.5 Å². The number of nitrogens with zero attached hydrogens (tertiary/aromatic N) is 3. The van der Waals surface area contributed by atoms with Crippen molar-refractivity contribution < 1.29 is 4.79 Å². The number of aryl methyl sites for hydroxylation is 1. The van der Waals surface area contributed by atoms with Gasteiger partial charge in [-0.25, -0.2) is 0 Å². The fourth-order valence-electron chi connectivity index (χ4n) is 2.04. The van der Waals surface area contributed by atoms with Crippen LogP contribution in [0, 0.1) is 6.92 Å². The highest BCUT2D eigenvalue weighted by atomic mass is 35.5. The van der Waals surface area contributed by atoms with Crippen LogP contribution in [-0.4, -0.2) is 47.4 Å². The third-order valence-corrected chi connectivity index (χ3v) is 5.53. The van der Waals surface area contributed by atoms with E-state index in [0.29, 0.717) is 17.3 Å². The van der Waals surface area contributed by atoms with Crippen molar-refractivity contribution in [3.8, 4) is 0 Å². The van der Waals surface area contributed by atoms with Crippen molar-refractivity contribution in [3.05, 3.63) is 39.9 Å². The topological polar surface area (TPSA) is 58.1 Å². The van der Waals surface area contributed by atoms with E-state index in [9.17, 15) is 4.79 Å². The van der Waals surface area contributed by atoms with Gasteiger partial charge >= 0.3 is 0 Å². The molecule has 0 spiro atoms. The zero-order valence-corrected chi connectivity index (χ0v) is 15.6. The molecule has 8 heteroatoms. The molecule has 0 unspecified atom stereocenters. The Hall–Kier alpha value is -1.15. The van der Waals surface area contributed by atoms with E-state index in [1.807, 2.05) is 50.2 Å². The van der Waals surface area contributed by atoms with Crippen molar-refractivity contribution in [2.24, 2.45) is 0 Å². The second-order valence-electron chi connectivity index (χ2n) is 5.18. The van der Waals surface area contributed by atoms with E-state index in [1.54, 1.807) is 0 Å². The Labute approximate surface area is 149 Å². The van der Waals surface area contributed by atoms with Gasteiger partial charge in [0.25, 0.3) is 0 Å². The first-order valence-corrected chi connectivity index (χ1v) is 9.26. The van der Waals surface area contributed by atoms with Crippen LogP contribution in [0.1, 0.15) is 16.6 Å². The van der Waals surface area contributed by atoms with Crippen molar-refractivity contribution in [2.45, 2.75) is 17.3 Å². The maximum Gasteiger partial charge on any atom is 0.230 e. The SMILES string of the molecule is Cc1nnc(SCC(=O)NC[C@H](c2ccccc2Cl)N(C)C)s1. The average Bonchev–Trinajstić information content (AvgIpc) is 2.92. The quantitative estimate of drug-likeness (QED) is 0.759. The van der Waals surface area contributed by atoms with Gasteiger partial charge in [-0.05, 0) is 32.6 Å². The smallest absolute Gasteiger partial charge is 0.230 e. The molecule has 2 aromatic rings. The molecule has 124 valence electrons. The standard InChI is InChI=1S/C15H19ClN4OS2/c1-10-18-19-15(23-10)22-9-14(21)17-8-13(20(2)3)11-6-4-5-7-12(11)16/h4-7,13H,8-9H2,1-3H3,(H,17,21)/t13-/m1/s1. The largest absolute Gasteiger partial charge is 0.353 e. The molecular formula is C15H19ClN4OS2. The molecule has 0 aliphatic carbocycles. The number of rotatable bonds is 7. The van der Waals surface area contributed by atoms with Crippen LogP contribution in [0.25, 0.3) is 0 Å². The minimum absolute atomic E-state index is 0.0262. The van der Waals surface area contributed by atoms with Crippen LogP contribution in [-0.2, 0) is 4.79 Å². The molecule has 0 bridgehead atoms. The molecule has 2 rings (SSSR count). The van der Waals surface area contributed by atoms with Gasteiger partial charge < -0.3 is 10.2 Å². The monoisotopic (exact) mass is 370 g/mol. The van der Waals surface area contributed by atoms with Crippen LogP contribution in [0.2, 0.25) is 5.02 Å². The number of aromatic nitrogens is 2. The lowest BCUT2D eigenvalue weighted by atomic mass is 10.1. The fourth-order valence-corrected chi connectivity index (χ4v) is 3.95. The van der Waals surface area contributed by atoms with Crippen LogP contribution >= 0.6 is 34.7 Å². The van der Waals surface area contributed by atoms with Gasteiger partial charge in [0.05, 0.1) is 11.8 Å². The summed E-state index contributed by atoms with van der Waals surface area (Å²) in [5.41, 5.74) is 1.01. The number of carbonyl (C=O) groups excluding carboxylic acids is 1. The molecule has 5 nitrogen and oxygen atoms in total. The van der Waals surface area contributed by atoms with Gasteiger partial charge in [0.1, 0.15) is 5.01 Å². The predicted octanol–water partition coefficient (Wildman–Crippen LogP) is 3.01. The summed E-state index contributed by atoms with van der Waals surface area (Å²) in [6, 6.07) is 7.73. The number of hydrogen-bond donors (Lipinski definition) is 1. The summed E-state index contributed by atoms with van der Waals surface area (Å²) in [4.78, 5) is 14.1. The normalized spacial score (nSPS) is 12.4. The third kappa shape index (κ3) is 5.46. The molecule has 0 radical (unpaired) electrons. The first-order valence-electron chi connectivity index (χ1n) is 7.08. The van der Waals surface area contributed by atoms with Gasteiger partial charge in [-0.3, -0.25) is 4.79 Å². The molecule has 1 aromatic carbocycles. The molecule has 0 fully saturated rings. The molecule has 1 aromatic heterocycles. The zero-order valence-electron chi connectivity index (χ0n) is 13.2. The van der Waals surface area contributed by atoms with E-state index in [0.717, 1.165) is 14.9 Å². The van der Waals surface area contributed by atoms with Crippen molar-refractivity contribution in [2.75, 3.05) is 26.4 Å². The lowest BCUT2D eigenvalue weighted by Gasteiger charge is -2.25. The summed E-state index contributed by atoms with van der Waals surface area (Å²) in [5.74, 6) is 0.305. The van der Waals surface area contributed by atoms with Crippen molar-refractivity contribution in [1.29, 1.82) is 0 Å². The van der Waals surface area contributed by atoms with E-state index >= 15 is 0 Å². The second-order valence-corrected chi connectivity index (χ2v) is 7.99. The zero-order chi connectivity index (χ0) is 16.8. The first-order chi connectivity index (χ1) is 11.0. The van der Waals surface area contributed by atoms with Crippen LogP contribution in [0.5, 0.6) is 0 Å². The minimum atomic E-state index is -0.0262. The Kier molecular flexibility index (Phi) is 6.83. The Morgan fingerprint density at radius 2 is 2.13 bits per heavy atom. The average molecular weight is 371 g/mol. The van der Waals surface area contributed by atoms with Gasteiger partial charge in [0, 0.05) is 11.6 Å². The highest BCUT2D eigenvalue weighted by molar-refractivity contribution is 8.01. The highest BCUT2D eigenvalue weighted by Gasteiger charge is 2.18. The van der Waals surface area contributed by atoms with Gasteiger partial charge in [0.2, 0.25) is 5.91 Å². The molecule has 0 aliphatic rings. The number of thioether (sulfide) groups is 1. The van der Waals surface area contributed by atoms with Crippen LogP contribution in [0.3, 0.4) is 0 Å². The molecular weight excluding hydrogens is 352 g/mol. The summed E-state index contributed by atoms with van der Waals surface area (Å²) < 4.78 is 0.813. The molecule has 0 saturated carbocycles. The summed E-state index contributed by atoms with van der Waals surface area (Å²) in [6.07, 6.45) is 0. The number of carbonyl (C=O) groups is 1. The summed E-state index contributed by atoms with van der Waals surface area (Å²) >= 11 is 9.16. The maximum atomic E-state index is 12.0. The molecule has 1 amide bonds. The first kappa shape index (κ1) is 18.2. The lowest BCUT2D eigenvalue weighted by Crippen LogP contribution is -2.35. The molecule has 1 N–H and O–H groups in total. The molecule has 23 heavy (non-hydrogen) atoms. The Morgan fingerprint density at radius 1 is 1.39 bits per heavy atom. The fraction of sp³-hybridized carbons (Fsp3) is 0.400. The van der Waals surface area contributed by atoms with Crippen LogP contribution in [0.4, 0.5) is 0 Å². The number of nitrogens with one attached hydrogen (secondary N) is 1. The predicted molar refractivity (Wildman–Crippen MR) is 96.3 cm³/mol. The minimum Gasteiger partial charge on any atom is -0.353 e. The number of halogens is 1. The number of benzene rings is 1. The number of amides is 1. The van der Waals surface area contributed by atoms with E-state index < -0.39 is 0 Å². The summed E-state index contributed by atoms with van der Waals surface area (Å²) in [5, 5.41) is 12.5. The van der Waals surface area contributed by atoms with Gasteiger partial charge in [-0.2, -0.15) is 0 Å². The molecule has 1 atom stereocenters. The third-order valence-electron chi connectivity index (χ3n) is 3.21. The van der Waals surface area contributed by atoms with Gasteiger partial charge in [-0.15, -0.1) is 10.2 Å². The Balaban J connectivity index is 1.89. The lowest BCUT2D eigenvalue weighted by molar-refractivity contribution is -0.118. The second kappa shape index (κ2) is 8.63. The van der Waals surface area contributed by atoms with Crippen molar-refractivity contribution >= 4 is 40.6 Å². The summed E-state index contributed by atoms with van der Waals surface area (Å²) in [7, 11) is 3.94. The van der Waals surface area contributed by atoms with E-state index in [1.165, 1.54) is 23.1 Å². The molecule has 1 heterocycles. The van der Waals surface area contributed by atoms with Gasteiger partial charge in [-0.1, -0.05) is 52.9 Å². The number of hydrogen-bond acceptors (Lipinski definition) is 6. The van der Waals surface area contributed by atoms with Crippen LogP contribution in [0.15, 0.2) is 28.6 Å². The van der Waals surface area contributed by atoms with Crippen LogP contribution < -0.4 is 5.32 Å². The van der Waals surface area contributed by atoms with Crippen molar-refractivity contribution in [3.63, 3.8) is 0 Å². The Morgan fingerprint density at radius 3 is 2.74 bits per heavy atom. The number of likely N-dealkylation sites (N-methyl/N-ethyl adjacent to an activating group) is 1.